The molecule has 0 saturated heterocycles. The van der Waals surface area contributed by atoms with Crippen LogP contribution in [0, 0.1) is 6.92 Å². The van der Waals surface area contributed by atoms with E-state index in [2.05, 4.69) is 31.2 Å². The van der Waals surface area contributed by atoms with Gasteiger partial charge in [0.2, 0.25) is 5.95 Å². The number of para-hydroxylation sites is 1. The minimum Gasteiger partial charge on any atom is -0.368 e. The zero-order valence-corrected chi connectivity index (χ0v) is 10.3. The number of nitrogen functional groups attached to an aromatic ring is 1. The Labute approximate surface area is 102 Å². The molecule has 4 nitrogen and oxygen atoms in total. The number of rotatable bonds is 2. The number of anilines is 3. The summed E-state index contributed by atoms with van der Waals surface area (Å²) < 4.78 is 0.825. The van der Waals surface area contributed by atoms with Gasteiger partial charge in [-0.3, -0.25) is 0 Å². The average molecular weight is 279 g/mol. The Bertz CT molecular complexity index is 499. The van der Waals surface area contributed by atoms with Crippen molar-refractivity contribution in [3.8, 4) is 0 Å². The lowest BCUT2D eigenvalue weighted by molar-refractivity contribution is 1.10. The van der Waals surface area contributed by atoms with Crippen molar-refractivity contribution in [1.29, 1.82) is 0 Å². The predicted molar refractivity (Wildman–Crippen MR) is 68.6 cm³/mol. The Morgan fingerprint density at radius 3 is 2.56 bits per heavy atom. The molecule has 0 fully saturated rings. The number of aryl methyl sites for hydroxylation is 1. The predicted octanol–water partition coefficient (Wildman–Crippen LogP) is 2.87. The second-order valence-electron chi connectivity index (χ2n) is 3.32. The lowest BCUT2D eigenvalue weighted by Crippen LogP contribution is -2.03. The van der Waals surface area contributed by atoms with Crippen LogP contribution in [0.1, 0.15) is 5.69 Å². The molecule has 0 bridgehead atoms. The third-order valence-corrected chi connectivity index (χ3v) is 3.02. The number of benzene rings is 1. The maximum Gasteiger partial charge on any atom is 0.222 e. The van der Waals surface area contributed by atoms with Crippen LogP contribution in [0.25, 0.3) is 0 Å². The minimum absolute atomic E-state index is 0.263. The van der Waals surface area contributed by atoms with Crippen molar-refractivity contribution in [2.75, 3.05) is 11.1 Å². The van der Waals surface area contributed by atoms with Gasteiger partial charge in [0.1, 0.15) is 0 Å². The summed E-state index contributed by atoms with van der Waals surface area (Å²) in [6.07, 6.45) is 0. The van der Waals surface area contributed by atoms with Gasteiger partial charge in [-0.15, -0.1) is 0 Å². The van der Waals surface area contributed by atoms with Crippen LogP contribution in [-0.2, 0) is 0 Å². The number of nitrogens with one attached hydrogen (secondary N) is 1. The molecule has 0 aliphatic carbocycles. The van der Waals surface area contributed by atoms with Crippen LogP contribution in [0.5, 0.6) is 0 Å². The van der Waals surface area contributed by atoms with Crippen LogP contribution in [0.3, 0.4) is 0 Å². The van der Waals surface area contributed by atoms with Crippen molar-refractivity contribution >= 4 is 33.4 Å². The van der Waals surface area contributed by atoms with E-state index in [1.54, 1.807) is 0 Å². The first-order valence-corrected chi connectivity index (χ1v) is 5.58. The topological polar surface area (TPSA) is 63.8 Å². The molecule has 82 valence electrons. The highest BCUT2D eigenvalue weighted by atomic mass is 79.9. The summed E-state index contributed by atoms with van der Waals surface area (Å²) >= 11 is 3.43. The first kappa shape index (κ1) is 10.9. The number of hydrogen-bond donors (Lipinski definition) is 2. The second-order valence-corrected chi connectivity index (χ2v) is 4.11. The molecule has 0 aliphatic rings. The first-order chi connectivity index (χ1) is 7.66. The zero-order chi connectivity index (χ0) is 11.5. The summed E-state index contributed by atoms with van der Waals surface area (Å²) in [5, 5.41) is 3.18. The molecule has 0 aliphatic heterocycles. The largest absolute Gasteiger partial charge is 0.368 e. The van der Waals surface area contributed by atoms with Gasteiger partial charge < -0.3 is 11.1 Å². The van der Waals surface area contributed by atoms with E-state index in [-0.39, 0.29) is 5.95 Å². The van der Waals surface area contributed by atoms with E-state index in [0.717, 1.165) is 15.9 Å². The number of halogens is 1. The normalized spacial score (nSPS) is 10.1. The van der Waals surface area contributed by atoms with Crippen LogP contribution in [0.15, 0.2) is 34.8 Å². The quantitative estimate of drug-likeness (QED) is 0.887. The molecule has 0 unspecified atom stereocenters. The Hall–Kier alpha value is -1.62. The summed E-state index contributed by atoms with van der Waals surface area (Å²) in [5.41, 5.74) is 7.37. The molecule has 2 aromatic rings. The summed E-state index contributed by atoms with van der Waals surface area (Å²) in [4.78, 5) is 8.19. The summed E-state index contributed by atoms with van der Waals surface area (Å²) in [6, 6.07) is 9.78. The van der Waals surface area contributed by atoms with Crippen LogP contribution in [0.2, 0.25) is 0 Å². The molecule has 0 atom stereocenters. The molecule has 0 saturated carbocycles. The van der Waals surface area contributed by atoms with E-state index < -0.39 is 0 Å². The van der Waals surface area contributed by atoms with Gasteiger partial charge in [-0.1, -0.05) is 18.2 Å². The molecule has 16 heavy (non-hydrogen) atoms. The standard InChI is InChI=1S/C11H11BrN4/c1-7-9(12)10(16-11(13)14-7)15-8-5-3-2-4-6-8/h2-6H,1H3,(H3,13,14,15,16). The van der Waals surface area contributed by atoms with E-state index in [0.29, 0.717) is 5.82 Å². The van der Waals surface area contributed by atoms with Gasteiger partial charge in [0.25, 0.3) is 0 Å². The van der Waals surface area contributed by atoms with Crippen molar-refractivity contribution in [3.05, 3.63) is 40.5 Å². The molecule has 2 rings (SSSR count). The Balaban J connectivity index is 2.35. The maximum absolute atomic E-state index is 5.60. The van der Waals surface area contributed by atoms with E-state index >= 15 is 0 Å². The van der Waals surface area contributed by atoms with Gasteiger partial charge in [0.05, 0.1) is 10.2 Å². The van der Waals surface area contributed by atoms with Crippen molar-refractivity contribution < 1.29 is 0 Å². The SMILES string of the molecule is Cc1nc(N)nc(Nc2ccccc2)c1Br. The number of nitrogens with two attached hydrogens (primary N) is 1. The molecule has 0 amide bonds. The van der Waals surface area contributed by atoms with Crippen molar-refractivity contribution in [3.63, 3.8) is 0 Å². The molecule has 1 aromatic carbocycles. The first-order valence-electron chi connectivity index (χ1n) is 4.78. The Morgan fingerprint density at radius 2 is 1.88 bits per heavy atom. The average Bonchev–Trinajstić information content (AvgIpc) is 2.27. The van der Waals surface area contributed by atoms with E-state index in [4.69, 9.17) is 5.73 Å². The van der Waals surface area contributed by atoms with Crippen molar-refractivity contribution in [1.82, 2.24) is 9.97 Å². The van der Waals surface area contributed by atoms with Crippen LogP contribution < -0.4 is 11.1 Å². The summed E-state index contributed by atoms with van der Waals surface area (Å²) in [7, 11) is 0. The summed E-state index contributed by atoms with van der Waals surface area (Å²) in [6.45, 7) is 1.87. The van der Waals surface area contributed by atoms with Gasteiger partial charge in [0.15, 0.2) is 5.82 Å². The molecule has 1 aromatic heterocycles. The molecule has 5 heteroatoms. The minimum atomic E-state index is 0.263. The van der Waals surface area contributed by atoms with Gasteiger partial charge in [-0.2, -0.15) is 4.98 Å². The second kappa shape index (κ2) is 4.49. The van der Waals surface area contributed by atoms with E-state index in [1.165, 1.54) is 0 Å². The number of aromatic nitrogens is 2. The third kappa shape index (κ3) is 2.30. The van der Waals surface area contributed by atoms with Crippen LogP contribution in [-0.4, -0.2) is 9.97 Å². The smallest absolute Gasteiger partial charge is 0.222 e. The van der Waals surface area contributed by atoms with Crippen LogP contribution >= 0.6 is 15.9 Å². The molecule has 0 radical (unpaired) electrons. The van der Waals surface area contributed by atoms with Gasteiger partial charge in [-0.25, -0.2) is 4.98 Å². The lowest BCUT2D eigenvalue weighted by Gasteiger charge is -2.09. The summed E-state index contributed by atoms with van der Waals surface area (Å²) in [5.74, 6) is 0.940. The highest BCUT2D eigenvalue weighted by Crippen LogP contribution is 2.26. The lowest BCUT2D eigenvalue weighted by atomic mass is 10.3. The third-order valence-electron chi connectivity index (χ3n) is 2.07. The fourth-order valence-corrected chi connectivity index (χ4v) is 1.60. The fraction of sp³-hybridized carbons (Fsp3) is 0.0909. The molecule has 3 N–H and O–H groups in total. The molecular formula is C11H11BrN4. The number of hydrogen-bond acceptors (Lipinski definition) is 4. The monoisotopic (exact) mass is 278 g/mol. The van der Waals surface area contributed by atoms with Crippen molar-refractivity contribution in [2.24, 2.45) is 0 Å². The van der Waals surface area contributed by atoms with Gasteiger partial charge in [-0.05, 0) is 35.0 Å². The highest BCUT2D eigenvalue weighted by Gasteiger charge is 2.07. The fourth-order valence-electron chi connectivity index (χ4n) is 1.32. The van der Waals surface area contributed by atoms with E-state index in [1.807, 2.05) is 37.3 Å². The number of nitrogens with zero attached hydrogens (tertiary/aromatic N) is 2. The molecule has 0 spiro atoms. The highest BCUT2D eigenvalue weighted by molar-refractivity contribution is 9.10. The van der Waals surface area contributed by atoms with Gasteiger partial charge >= 0.3 is 0 Å². The maximum atomic E-state index is 5.60. The Morgan fingerprint density at radius 1 is 1.19 bits per heavy atom. The van der Waals surface area contributed by atoms with E-state index in [9.17, 15) is 0 Å². The molecule has 1 heterocycles. The van der Waals surface area contributed by atoms with Crippen LogP contribution in [0.4, 0.5) is 17.5 Å². The van der Waals surface area contributed by atoms with Gasteiger partial charge in [0, 0.05) is 5.69 Å². The zero-order valence-electron chi connectivity index (χ0n) is 8.74. The molecular weight excluding hydrogens is 268 g/mol. The Kier molecular flexibility index (Phi) is 3.05. The van der Waals surface area contributed by atoms with Crippen molar-refractivity contribution in [2.45, 2.75) is 6.92 Å².